The first kappa shape index (κ1) is 11.3. The maximum atomic E-state index is 9.90. The lowest BCUT2D eigenvalue weighted by Gasteiger charge is -2.30. The molecule has 1 aromatic rings. The molecule has 1 N–H and O–H groups in total. The zero-order valence-corrected chi connectivity index (χ0v) is 10.3. The second kappa shape index (κ2) is 4.13. The molecule has 3 rings (SSSR count). The van der Waals surface area contributed by atoms with Crippen LogP contribution in [0, 0.1) is 17.2 Å². The quantitative estimate of drug-likeness (QED) is 0.820. The number of fused-ring (bicyclic) bond motifs is 1. The van der Waals surface area contributed by atoms with E-state index in [1.807, 2.05) is 12.1 Å². The third kappa shape index (κ3) is 1.60. The third-order valence-electron chi connectivity index (χ3n) is 4.26. The minimum absolute atomic E-state index is 0.265. The Hall–Kier alpha value is -1.82. The molecule has 1 aliphatic heterocycles. The fourth-order valence-corrected chi connectivity index (χ4v) is 3.28. The van der Waals surface area contributed by atoms with Gasteiger partial charge in [0.2, 0.25) is 0 Å². The molecular formula is C15H16N2O. The van der Waals surface area contributed by atoms with Gasteiger partial charge in [-0.3, -0.25) is 4.99 Å². The van der Waals surface area contributed by atoms with Gasteiger partial charge in [-0.05, 0) is 50.2 Å². The van der Waals surface area contributed by atoms with Crippen LogP contribution in [0.4, 0.5) is 0 Å². The van der Waals surface area contributed by atoms with E-state index in [4.69, 9.17) is 4.99 Å². The molecule has 1 aromatic carbocycles. The number of aromatic hydroxyl groups is 1. The number of hydrogen-bond acceptors (Lipinski definition) is 3. The van der Waals surface area contributed by atoms with Gasteiger partial charge < -0.3 is 5.11 Å². The summed E-state index contributed by atoms with van der Waals surface area (Å²) in [7, 11) is 0. The molecule has 1 saturated carbocycles. The summed E-state index contributed by atoms with van der Waals surface area (Å²) in [6.07, 6.45) is 4.96. The van der Waals surface area contributed by atoms with Crippen LogP contribution in [0.15, 0.2) is 29.3 Å². The van der Waals surface area contributed by atoms with E-state index in [-0.39, 0.29) is 5.75 Å². The lowest BCUT2D eigenvalue weighted by molar-refractivity contribution is 0.364. The van der Waals surface area contributed by atoms with Crippen molar-refractivity contribution in [2.24, 2.45) is 10.9 Å². The maximum Gasteiger partial charge on any atom is 0.150 e. The molecule has 2 aliphatic rings. The normalized spacial score (nSPS) is 30.4. The van der Waals surface area contributed by atoms with E-state index in [2.05, 4.69) is 6.07 Å². The lowest BCUT2D eigenvalue weighted by Crippen LogP contribution is -2.35. The number of rotatable bonds is 1. The number of benzene rings is 1. The number of phenolic OH excluding ortho intramolecular Hbond substituents is 1. The van der Waals surface area contributed by atoms with Crippen molar-refractivity contribution in [2.75, 3.05) is 0 Å². The molecule has 1 fully saturated rings. The Morgan fingerprint density at radius 3 is 2.94 bits per heavy atom. The fraction of sp³-hybridized carbons (Fsp3) is 0.467. The van der Waals surface area contributed by atoms with Crippen LogP contribution in [0.5, 0.6) is 5.75 Å². The van der Waals surface area contributed by atoms with E-state index in [1.165, 1.54) is 0 Å². The topological polar surface area (TPSA) is 56.4 Å². The highest BCUT2D eigenvalue weighted by molar-refractivity contribution is 6.03. The largest absolute Gasteiger partial charge is 0.507 e. The summed E-state index contributed by atoms with van der Waals surface area (Å²) in [5, 5.41) is 19.4. The van der Waals surface area contributed by atoms with Crippen molar-refractivity contribution >= 4 is 5.71 Å². The monoisotopic (exact) mass is 240 g/mol. The molecule has 0 aromatic heterocycles. The lowest BCUT2D eigenvalue weighted by atomic mass is 9.81. The molecule has 3 heteroatoms. The van der Waals surface area contributed by atoms with Crippen molar-refractivity contribution in [3.63, 3.8) is 0 Å². The third-order valence-corrected chi connectivity index (χ3v) is 4.26. The summed E-state index contributed by atoms with van der Waals surface area (Å²) >= 11 is 0. The van der Waals surface area contributed by atoms with Crippen molar-refractivity contribution in [2.45, 2.75) is 37.6 Å². The molecule has 0 saturated heterocycles. The predicted octanol–water partition coefficient (Wildman–Crippen LogP) is 3.04. The Labute approximate surface area is 107 Å². The number of hydrogen-bond donors (Lipinski definition) is 1. The highest BCUT2D eigenvalue weighted by Gasteiger charge is 2.45. The van der Waals surface area contributed by atoms with Gasteiger partial charge in [0.25, 0.3) is 0 Å². The summed E-state index contributed by atoms with van der Waals surface area (Å²) in [4.78, 5) is 4.72. The molecule has 1 aliphatic carbocycles. The van der Waals surface area contributed by atoms with Crippen LogP contribution in [-0.4, -0.2) is 16.4 Å². The molecule has 0 bridgehead atoms. The second-order valence-corrected chi connectivity index (χ2v) is 5.24. The van der Waals surface area contributed by atoms with Gasteiger partial charge in [-0.2, -0.15) is 5.26 Å². The molecule has 92 valence electrons. The predicted molar refractivity (Wildman–Crippen MR) is 69.6 cm³/mol. The zero-order chi connectivity index (χ0) is 12.6. The Balaban J connectivity index is 2.05. The average molecular weight is 240 g/mol. The first-order valence-corrected chi connectivity index (χ1v) is 6.53. The highest BCUT2D eigenvalue weighted by Crippen LogP contribution is 2.45. The van der Waals surface area contributed by atoms with Crippen LogP contribution in [0.3, 0.4) is 0 Å². The van der Waals surface area contributed by atoms with Gasteiger partial charge in [0.05, 0.1) is 6.07 Å². The molecule has 1 heterocycles. The molecule has 18 heavy (non-hydrogen) atoms. The first-order valence-electron chi connectivity index (χ1n) is 6.53. The average Bonchev–Trinajstić information content (AvgIpc) is 2.82. The molecule has 3 nitrogen and oxygen atoms in total. The van der Waals surface area contributed by atoms with Crippen LogP contribution in [0.2, 0.25) is 0 Å². The van der Waals surface area contributed by atoms with Crippen molar-refractivity contribution in [1.29, 1.82) is 5.26 Å². The summed E-state index contributed by atoms with van der Waals surface area (Å²) in [6, 6.07) is 9.70. The standard InChI is InChI=1S/C15H16N2O/c16-10-15-9-3-4-11(15)7-8-13(17-15)12-5-1-2-6-14(12)18/h1-2,5-6,11,18H,3-4,7-9H2. The summed E-state index contributed by atoms with van der Waals surface area (Å²) in [5.74, 6) is 0.679. The van der Waals surface area contributed by atoms with Crippen LogP contribution < -0.4 is 0 Å². The van der Waals surface area contributed by atoms with Crippen molar-refractivity contribution in [1.82, 2.24) is 0 Å². The van der Waals surface area contributed by atoms with Crippen LogP contribution in [0.1, 0.15) is 37.7 Å². The van der Waals surface area contributed by atoms with Gasteiger partial charge in [0, 0.05) is 11.3 Å². The molecule has 0 amide bonds. The second-order valence-electron chi connectivity index (χ2n) is 5.24. The van der Waals surface area contributed by atoms with Crippen LogP contribution in [0.25, 0.3) is 0 Å². The van der Waals surface area contributed by atoms with Crippen LogP contribution >= 0.6 is 0 Å². The number of nitriles is 1. The van der Waals surface area contributed by atoms with Gasteiger partial charge in [0.15, 0.2) is 0 Å². The van der Waals surface area contributed by atoms with E-state index in [1.54, 1.807) is 12.1 Å². The summed E-state index contributed by atoms with van der Waals surface area (Å²) < 4.78 is 0. The number of phenols is 1. The maximum absolute atomic E-state index is 9.90. The molecule has 0 spiro atoms. The van der Waals surface area contributed by atoms with Gasteiger partial charge >= 0.3 is 0 Å². The first-order chi connectivity index (χ1) is 8.75. The zero-order valence-electron chi connectivity index (χ0n) is 10.3. The molecule has 0 radical (unpaired) electrons. The minimum atomic E-state index is -0.518. The van der Waals surface area contributed by atoms with Crippen LogP contribution in [-0.2, 0) is 0 Å². The highest BCUT2D eigenvalue weighted by atomic mass is 16.3. The van der Waals surface area contributed by atoms with Crippen molar-refractivity contribution in [3.05, 3.63) is 29.8 Å². The minimum Gasteiger partial charge on any atom is -0.507 e. The van der Waals surface area contributed by atoms with E-state index >= 15 is 0 Å². The van der Waals surface area contributed by atoms with E-state index in [9.17, 15) is 10.4 Å². The fourth-order valence-electron chi connectivity index (χ4n) is 3.28. The van der Waals surface area contributed by atoms with E-state index in [0.717, 1.165) is 43.4 Å². The number of para-hydroxylation sites is 1. The Morgan fingerprint density at radius 2 is 2.17 bits per heavy atom. The summed E-state index contributed by atoms with van der Waals surface area (Å²) in [6.45, 7) is 0. The van der Waals surface area contributed by atoms with Gasteiger partial charge in [-0.15, -0.1) is 0 Å². The molecule has 2 unspecified atom stereocenters. The SMILES string of the molecule is N#CC12CCCC1CCC(c1ccccc1O)=N2. The molecule has 2 atom stereocenters. The Bertz CT molecular complexity index is 544. The summed E-state index contributed by atoms with van der Waals surface area (Å²) in [5.41, 5.74) is 1.17. The van der Waals surface area contributed by atoms with Gasteiger partial charge in [-0.25, -0.2) is 0 Å². The Morgan fingerprint density at radius 1 is 1.33 bits per heavy atom. The smallest absolute Gasteiger partial charge is 0.150 e. The Kier molecular flexibility index (Phi) is 2.59. The number of nitrogens with zero attached hydrogens (tertiary/aromatic N) is 2. The molecular weight excluding hydrogens is 224 g/mol. The van der Waals surface area contributed by atoms with E-state index < -0.39 is 5.54 Å². The van der Waals surface area contributed by atoms with Gasteiger partial charge in [-0.1, -0.05) is 12.1 Å². The van der Waals surface area contributed by atoms with Gasteiger partial charge in [0.1, 0.15) is 11.3 Å². The van der Waals surface area contributed by atoms with Crippen molar-refractivity contribution < 1.29 is 5.11 Å². The van der Waals surface area contributed by atoms with E-state index in [0.29, 0.717) is 5.92 Å². The van der Waals surface area contributed by atoms with Crippen molar-refractivity contribution in [3.8, 4) is 11.8 Å². The number of aliphatic imine (C=N–C) groups is 1.